The van der Waals surface area contributed by atoms with Crippen LogP contribution in [0.1, 0.15) is 43.8 Å². The Hall–Kier alpha value is -1.83. The Bertz CT molecular complexity index is 507. The van der Waals surface area contributed by atoms with Crippen LogP contribution in [-0.2, 0) is 4.79 Å². The van der Waals surface area contributed by atoms with Crippen LogP contribution in [0.4, 0.5) is 10.9 Å². The summed E-state index contributed by atoms with van der Waals surface area (Å²) >= 11 is 1.18. The summed E-state index contributed by atoms with van der Waals surface area (Å²) < 4.78 is 0. The molecule has 2 amide bonds. The van der Waals surface area contributed by atoms with E-state index < -0.39 is 5.91 Å². The molecule has 1 heterocycles. The number of hydrogen-bond donors (Lipinski definition) is 4. The van der Waals surface area contributed by atoms with Crippen molar-refractivity contribution in [3.8, 4) is 0 Å². The van der Waals surface area contributed by atoms with Crippen molar-refractivity contribution in [2.45, 2.75) is 39.7 Å². The molecule has 0 aliphatic carbocycles. The first-order valence-electron chi connectivity index (χ1n) is 6.82. The molecule has 21 heavy (non-hydrogen) atoms. The van der Waals surface area contributed by atoms with Crippen LogP contribution < -0.4 is 21.7 Å². The van der Waals surface area contributed by atoms with Crippen molar-refractivity contribution in [2.24, 2.45) is 0 Å². The number of thiazole rings is 1. The van der Waals surface area contributed by atoms with Gasteiger partial charge in [-0.1, -0.05) is 18.3 Å². The lowest BCUT2D eigenvalue weighted by Crippen LogP contribution is -2.45. The molecule has 0 saturated carbocycles. The monoisotopic (exact) mass is 313 g/mol. The van der Waals surface area contributed by atoms with Gasteiger partial charge in [-0.25, -0.2) is 4.98 Å². The minimum atomic E-state index is -0.390. The van der Waals surface area contributed by atoms with Gasteiger partial charge in [0.15, 0.2) is 5.13 Å². The van der Waals surface area contributed by atoms with E-state index in [4.69, 9.17) is 5.73 Å². The molecule has 7 nitrogen and oxygen atoms in total. The van der Waals surface area contributed by atoms with E-state index in [-0.39, 0.29) is 23.8 Å². The Labute approximate surface area is 128 Å². The summed E-state index contributed by atoms with van der Waals surface area (Å²) in [5, 5.41) is 8.99. The molecule has 118 valence electrons. The van der Waals surface area contributed by atoms with Crippen molar-refractivity contribution < 1.29 is 9.59 Å². The third kappa shape index (κ3) is 5.99. The summed E-state index contributed by atoms with van der Waals surface area (Å²) in [5.74, 6) is -0.464. The van der Waals surface area contributed by atoms with Crippen molar-refractivity contribution in [3.63, 3.8) is 0 Å². The minimum absolute atomic E-state index is 0.0921. The number of aromatic nitrogens is 1. The van der Waals surface area contributed by atoms with Gasteiger partial charge < -0.3 is 21.7 Å². The first-order valence-corrected chi connectivity index (χ1v) is 7.64. The van der Waals surface area contributed by atoms with Crippen LogP contribution in [0.25, 0.3) is 0 Å². The molecule has 0 spiro atoms. The van der Waals surface area contributed by atoms with Gasteiger partial charge in [-0.05, 0) is 27.2 Å². The zero-order valence-corrected chi connectivity index (χ0v) is 13.7. The number of rotatable bonds is 6. The summed E-state index contributed by atoms with van der Waals surface area (Å²) in [4.78, 5) is 28.0. The van der Waals surface area contributed by atoms with Gasteiger partial charge in [0.25, 0.3) is 5.91 Å². The molecular formula is C13H23N5O2S. The molecule has 0 fully saturated rings. The highest BCUT2D eigenvalue weighted by atomic mass is 32.1. The topological polar surface area (TPSA) is 109 Å². The van der Waals surface area contributed by atoms with Gasteiger partial charge in [0, 0.05) is 12.1 Å². The van der Waals surface area contributed by atoms with Gasteiger partial charge in [-0.3, -0.25) is 9.59 Å². The highest BCUT2D eigenvalue weighted by Crippen LogP contribution is 2.24. The summed E-state index contributed by atoms with van der Waals surface area (Å²) in [7, 11) is 0. The molecule has 1 aromatic heterocycles. The molecule has 0 radical (unpaired) electrons. The van der Waals surface area contributed by atoms with E-state index >= 15 is 0 Å². The van der Waals surface area contributed by atoms with Crippen LogP contribution >= 0.6 is 11.3 Å². The number of hydrogen-bond acceptors (Lipinski definition) is 6. The second-order valence-electron chi connectivity index (χ2n) is 5.64. The molecule has 1 aromatic rings. The fraction of sp³-hybridized carbons (Fsp3) is 0.615. The zero-order chi connectivity index (χ0) is 16.0. The van der Waals surface area contributed by atoms with E-state index in [0.717, 1.165) is 13.0 Å². The Morgan fingerprint density at radius 3 is 2.57 bits per heavy atom. The van der Waals surface area contributed by atoms with Crippen LogP contribution in [0.15, 0.2) is 0 Å². The number of nitrogen functional groups attached to an aromatic ring is 1. The van der Waals surface area contributed by atoms with Crippen molar-refractivity contribution in [3.05, 3.63) is 4.88 Å². The van der Waals surface area contributed by atoms with Crippen LogP contribution in [0.5, 0.6) is 0 Å². The van der Waals surface area contributed by atoms with E-state index in [0.29, 0.717) is 10.0 Å². The van der Waals surface area contributed by atoms with Gasteiger partial charge in [0.2, 0.25) is 5.91 Å². The van der Waals surface area contributed by atoms with Crippen LogP contribution in [0, 0.1) is 0 Å². The number of nitrogens with two attached hydrogens (primary N) is 1. The fourth-order valence-corrected chi connectivity index (χ4v) is 2.33. The molecule has 5 N–H and O–H groups in total. The number of nitrogens with zero attached hydrogens (tertiary/aromatic N) is 1. The Morgan fingerprint density at radius 1 is 1.33 bits per heavy atom. The maximum absolute atomic E-state index is 12.0. The van der Waals surface area contributed by atoms with Crippen LogP contribution in [0.3, 0.4) is 0 Å². The highest BCUT2D eigenvalue weighted by molar-refractivity contribution is 7.18. The summed E-state index contributed by atoms with van der Waals surface area (Å²) in [6.45, 7) is 8.33. The van der Waals surface area contributed by atoms with Crippen molar-refractivity contribution in [2.75, 3.05) is 24.1 Å². The first kappa shape index (κ1) is 17.2. The van der Waals surface area contributed by atoms with Gasteiger partial charge in [0.1, 0.15) is 10.7 Å². The third-order valence-corrected chi connectivity index (χ3v) is 3.34. The summed E-state index contributed by atoms with van der Waals surface area (Å²) in [6, 6.07) is 0. The standard InChI is InChI=1S/C13H23N5O2S/c1-5-6-15-12-17-10(14)9(21-12)11(20)16-7-8(19)18-13(2,3)4/h5-7,14H2,1-4H3,(H,15,17)(H,16,20)(H,18,19). The van der Waals surface area contributed by atoms with E-state index in [1.165, 1.54) is 11.3 Å². The molecule has 0 saturated heterocycles. The van der Waals surface area contributed by atoms with Crippen molar-refractivity contribution >= 4 is 34.1 Å². The fourth-order valence-electron chi connectivity index (χ4n) is 1.51. The number of anilines is 2. The molecule has 8 heteroatoms. The van der Waals surface area contributed by atoms with Gasteiger partial charge in [-0.2, -0.15) is 0 Å². The maximum Gasteiger partial charge on any atom is 0.265 e. The lowest BCUT2D eigenvalue weighted by molar-refractivity contribution is -0.121. The normalized spacial score (nSPS) is 11.0. The van der Waals surface area contributed by atoms with Crippen LogP contribution in [-0.4, -0.2) is 35.4 Å². The van der Waals surface area contributed by atoms with E-state index in [2.05, 4.69) is 20.9 Å². The SMILES string of the molecule is CCCNc1nc(N)c(C(=O)NCC(=O)NC(C)(C)C)s1. The second-order valence-corrected chi connectivity index (χ2v) is 6.64. The summed E-state index contributed by atoms with van der Waals surface area (Å²) in [5.41, 5.74) is 5.39. The number of carbonyl (C=O) groups excluding carboxylic acids is 2. The average Bonchev–Trinajstić information content (AvgIpc) is 2.73. The predicted octanol–water partition coefficient (Wildman–Crippen LogP) is 1.19. The number of carbonyl (C=O) groups is 2. The highest BCUT2D eigenvalue weighted by Gasteiger charge is 2.18. The minimum Gasteiger partial charge on any atom is -0.382 e. The van der Waals surface area contributed by atoms with E-state index in [9.17, 15) is 9.59 Å². The number of nitrogens with one attached hydrogen (secondary N) is 3. The van der Waals surface area contributed by atoms with Gasteiger partial charge in [0.05, 0.1) is 6.54 Å². The molecule has 0 aliphatic rings. The van der Waals surface area contributed by atoms with Crippen LogP contribution in [0.2, 0.25) is 0 Å². The lowest BCUT2D eigenvalue weighted by atomic mass is 10.1. The Kier molecular flexibility index (Phi) is 5.95. The molecule has 0 aliphatic heterocycles. The summed E-state index contributed by atoms with van der Waals surface area (Å²) in [6.07, 6.45) is 0.952. The first-order chi connectivity index (χ1) is 9.73. The quantitative estimate of drug-likeness (QED) is 0.631. The van der Waals surface area contributed by atoms with Gasteiger partial charge >= 0.3 is 0 Å². The molecule has 1 rings (SSSR count). The predicted molar refractivity (Wildman–Crippen MR) is 85.5 cm³/mol. The maximum atomic E-state index is 12.0. The smallest absolute Gasteiger partial charge is 0.265 e. The molecule has 0 bridgehead atoms. The van der Waals surface area contributed by atoms with E-state index in [1.807, 2.05) is 27.7 Å². The molecular weight excluding hydrogens is 290 g/mol. The molecule has 0 unspecified atom stereocenters. The third-order valence-electron chi connectivity index (χ3n) is 2.31. The van der Waals surface area contributed by atoms with Crippen molar-refractivity contribution in [1.82, 2.24) is 15.6 Å². The van der Waals surface area contributed by atoms with Crippen molar-refractivity contribution in [1.29, 1.82) is 0 Å². The Balaban J connectivity index is 2.56. The molecule has 0 atom stereocenters. The Morgan fingerprint density at radius 2 is 2.00 bits per heavy atom. The second kappa shape index (κ2) is 7.26. The zero-order valence-electron chi connectivity index (χ0n) is 12.9. The van der Waals surface area contributed by atoms with Gasteiger partial charge in [-0.15, -0.1) is 0 Å². The lowest BCUT2D eigenvalue weighted by Gasteiger charge is -2.20. The average molecular weight is 313 g/mol. The molecule has 0 aromatic carbocycles. The largest absolute Gasteiger partial charge is 0.382 e. The van der Waals surface area contributed by atoms with E-state index in [1.54, 1.807) is 0 Å². The number of amides is 2.